The van der Waals surface area contributed by atoms with Crippen LogP contribution in [0.1, 0.15) is 52.4 Å². The third-order valence-electron chi connectivity index (χ3n) is 11.3. The second-order valence-electron chi connectivity index (χ2n) is 14.7. The maximum absolute atomic E-state index is 13.3. The molecule has 0 spiro atoms. The zero-order chi connectivity index (χ0) is 39.1. The van der Waals surface area contributed by atoms with Gasteiger partial charge in [0.2, 0.25) is 12.6 Å². The van der Waals surface area contributed by atoms with Crippen LogP contribution in [0.15, 0.2) is 0 Å². The number of carbonyl (C=O) groups is 2. The van der Waals surface area contributed by atoms with E-state index in [1.54, 1.807) is 28.4 Å². The average molecular weight is 781 g/mol. The Morgan fingerprint density at radius 3 is 1.22 bits per heavy atom. The van der Waals surface area contributed by atoms with Gasteiger partial charge in [-0.05, 0) is 0 Å². The lowest BCUT2D eigenvalue weighted by molar-refractivity contribution is -0.310. The number of carbonyl (C=O) groups excluding carboxylic acids is 2. The van der Waals surface area contributed by atoms with E-state index in [0.717, 1.165) is 0 Å². The van der Waals surface area contributed by atoms with Gasteiger partial charge in [-0.2, -0.15) is 0 Å². The van der Waals surface area contributed by atoms with Gasteiger partial charge in [0.1, 0.15) is 36.6 Å². The van der Waals surface area contributed by atoms with Crippen molar-refractivity contribution in [1.29, 1.82) is 0 Å². The molecule has 5 aliphatic rings. The molecule has 5 heterocycles. The van der Waals surface area contributed by atoms with Crippen molar-refractivity contribution < 1.29 is 86.1 Å². The summed E-state index contributed by atoms with van der Waals surface area (Å²) in [4.78, 5) is 26.6. The van der Waals surface area contributed by atoms with Crippen LogP contribution in [-0.4, -0.2) is 176 Å². The summed E-state index contributed by atoms with van der Waals surface area (Å²) in [6, 6.07) is 0. The molecule has 0 amide bonds. The van der Waals surface area contributed by atoms with Crippen LogP contribution in [0.4, 0.5) is 0 Å². The molecule has 2 N–H and O–H groups in total. The Morgan fingerprint density at radius 1 is 0.519 bits per heavy atom. The standard InChI is InChI=1S/C36H60O18/c1-17-21(51-35-33(45-7)31(43-5)25(41-3)15-47-35)9-19-11-27(37)54-30(40)14-24-18(2)22(52-36-34(46-8)32(44-6)26(42-4)16-48-36)10-20(50-24)12-28(38)53-29(39)13-23(17)49-19/h17-28,31-38H,9-16H2,1-8H3/t17-,18-,19+,20+,21+,22+,23+,24+,25-,26-,27+,28+,31+,32+,33-,34-,35+,36+/m1/s1. The molecule has 312 valence electrons. The fourth-order valence-corrected chi connectivity index (χ4v) is 8.22. The molecular weight excluding hydrogens is 720 g/mol. The van der Waals surface area contributed by atoms with E-state index < -0.39 is 98.1 Å². The Bertz CT molecular complexity index is 1090. The summed E-state index contributed by atoms with van der Waals surface area (Å²) in [6.45, 7) is 4.13. The third kappa shape index (κ3) is 10.5. The average Bonchev–Trinajstić information content (AvgIpc) is 3.13. The van der Waals surface area contributed by atoms with E-state index in [4.69, 9.17) is 66.3 Å². The number of esters is 2. The fourth-order valence-electron chi connectivity index (χ4n) is 8.22. The number of aliphatic hydroxyl groups excluding tert-OH is 2. The number of ether oxygens (including phenoxy) is 14. The van der Waals surface area contributed by atoms with Gasteiger partial charge in [-0.1, -0.05) is 13.8 Å². The number of aliphatic hydroxyl groups is 2. The second kappa shape index (κ2) is 20.2. The normalized spacial score (nSPS) is 45.7. The van der Waals surface area contributed by atoms with Gasteiger partial charge >= 0.3 is 11.9 Å². The maximum atomic E-state index is 13.3. The fraction of sp³-hybridized carbons (Fsp3) is 0.944. The molecule has 5 rings (SSSR count). The summed E-state index contributed by atoms with van der Waals surface area (Å²) in [7, 11) is 9.28. The number of cyclic esters (lactones) is 2. The molecule has 18 atom stereocenters. The number of rotatable bonds is 10. The molecule has 0 aliphatic carbocycles. The van der Waals surface area contributed by atoms with Gasteiger partial charge in [-0.15, -0.1) is 0 Å². The molecule has 0 saturated carbocycles. The van der Waals surface area contributed by atoms with Crippen LogP contribution < -0.4 is 0 Å². The first-order valence-corrected chi connectivity index (χ1v) is 18.7. The van der Waals surface area contributed by atoms with Crippen LogP contribution in [0.2, 0.25) is 0 Å². The predicted molar refractivity (Wildman–Crippen MR) is 182 cm³/mol. The highest BCUT2D eigenvalue weighted by atomic mass is 16.7. The maximum Gasteiger partial charge on any atom is 0.310 e. The summed E-state index contributed by atoms with van der Waals surface area (Å²) < 4.78 is 82.2. The lowest BCUT2D eigenvalue weighted by Gasteiger charge is -2.46. The van der Waals surface area contributed by atoms with E-state index in [1.807, 2.05) is 13.8 Å². The van der Waals surface area contributed by atoms with E-state index in [1.165, 1.54) is 14.2 Å². The van der Waals surface area contributed by atoms with Crippen LogP contribution in [0.5, 0.6) is 0 Å². The highest BCUT2D eigenvalue weighted by Crippen LogP contribution is 2.37. The monoisotopic (exact) mass is 780 g/mol. The third-order valence-corrected chi connectivity index (χ3v) is 11.3. The lowest BCUT2D eigenvalue weighted by Crippen LogP contribution is -2.58. The minimum Gasteiger partial charge on any atom is -0.436 e. The molecule has 54 heavy (non-hydrogen) atoms. The highest BCUT2D eigenvalue weighted by molar-refractivity contribution is 5.70. The van der Waals surface area contributed by atoms with Crippen LogP contribution >= 0.6 is 0 Å². The zero-order valence-electron chi connectivity index (χ0n) is 32.5. The molecule has 0 aromatic carbocycles. The topological polar surface area (TPSA) is 204 Å². The zero-order valence-corrected chi connectivity index (χ0v) is 32.5. The highest BCUT2D eigenvalue weighted by Gasteiger charge is 2.49. The van der Waals surface area contributed by atoms with Crippen molar-refractivity contribution in [3.8, 4) is 0 Å². The van der Waals surface area contributed by atoms with Gasteiger partial charge in [-0.25, -0.2) is 0 Å². The van der Waals surface area contributed by atoms with Gasteiger partial charge in [0.25, 0.3) is 0 Å². The molecule has 0 aromatic heterocycles. The van der Waals surface area contributed by atoms with Gasteiger partial charge in [0.05, 0.1) is 62.7 Å². The largest absolute Gasteiger partial charge is 0.436 e. The van der Waals surface area contributed by atoms with Crippen molar-refractivity contribution >= 4 is 11.9 Å². The van der Waals surface area contributed by atoms with E-state index in [2.05, 4.69) is 0 Å². The number of hydrogen-bond acceptors (Lipinski definition) is 18. The Balaban J connectivity index is 1.30. The Kier molecular flexibility index (Phi) is 16.3. The molecule has 0 aromatic rings. The number of methoxy groups -OCH3 is 6. The predicted octanol–water partition coefficient (Wildman–Crippen LogP) is 0.444. The molecule has 0 unspecified atom stereocenters. The smallest absolute Gasteiger partial charge is 0.310 e. The van der Waals surface area contributed by atoms with Crippen molar-refractivity contribution in [2.45, 2.75) is 151 Å². The van der Waals surface area contributed by atoms with E-state index in [-0.39, 0.29) is 75.8 Å². The quantitative estimate of drug-likeness (QED) is 0.289. The van der Waals surface area contributed by atoms with Crippen molar-refractivity contribution in [1.82, 2.24) is 0 Å². The molecule has 0 radical (unpaired) electrons. The summed E-state index contributed by atoms with van der Waals surface area (Å²) in [6.07, 6.45) is -11.8. The first-order chi connectivity index (χ1) is 25.9. The molecular formula is C36H60O18. The second-order valence-corrected chi connectivity index (χ2v) is 14.7. The van der Waals surface area contributed by atoms with Crippen molar-refractivity contribution in [2.24, 2.45) is 11.8 Å². The molecule has 5 aliphatic heterocycles. The Hall–Kier alpha value is -1.62. The van der Waals surface area contributed by atoms with Crippen molar-refractivity contribution in [3.05, 3.63) is 0 Å². The van der Waals surface area contributed by atoms with Crippen LogP contribution in [0, 0.1) is 11.8 Å². The van der Waals surface area contributed by atoms with Gasteiger partial charge in [-0.3, -0.25) is 9.59 Å². The number of hydrogen-bond donors (Lipinski definition) is 2. The summed E-state index contributed by atoms with van der Waals surface area (Å²) in [5.41, 5.74) is 0. The molecule has 5 saturated heterocycles. The van der Waals surface area contributed by atoms with Crippen LogP contribution in [0.25, 0.3) is 0 Å². The lowest BCUT2D eigenvalue weighted by atomic mass is 9.87. The number of fused-ring (bicyclic) bond motifs is 4. The van der Waals surface area contributed by atoms with Crippen molar-refractivity contribution in [3.63, 3.8) is 0 Å². The van der Waals surface area contributed by atoms with E-state index in [0.29, 0.717) is 0 Å². The van der Waals surface area contributed by atoms with Crippen LogP contribution in [0.3, 0.4) is 0 Å². The Morgan fingerprint density at radius 2 is 0.889 bits per heavy atom. The summed E-state index contributed by atoms with van der Waals surface area (Å²) in [5.74, 6) is -2.14. The van der Waals surface area contributed by atoms with Crippen LogP contribution in [-0.2, 0) is 75.9 Å². The van der Waals surface area contributed by atoms with Gasteiger partial charge in [0, 0.05) is 80.2 Å². The minimum atomic E-state index is -1.53. The van der Waals surface area contributed by atoms with Gasteiger partial charge < -0.3 is 76.5 Å². The molecule has 18 nitrogen and oxygen atoms in total. The van der Waals surface area contributed by atoms with Gasteiger partial charge in [0.15, 0.2) is 12.6 Å². The van der Waals surface area contributed by atoms with Crippen molar-refractivity contribution in [2.75, 3.05) is 55.9 Å². The molecule has 4 bridgehead atoms. The summed E-state index contributed by atoms with van der Waals surface area (Å²) >= 11 is 0. The SMILES string of the molecule is CO[C@@H]1[C@@H](OC)[C@H](O[C@H]2C[C@H]3C[C@@H](O)OC(=O)C[C@@H]4O[C@H](C[C@@H](O)OC(=O)C[C@H](O3)[C@@H]2C)C[C@H](O[C@@H]2OC[C@@H](OC)[C@H](OC)[C@H]2OC)[C@H]4C)OC[C@H]1OC. The van der Waals surface area contributed by atoms with E-state index >= 15 is 0 Å². The first kappa shape index (κ1) is 43.5. The molecule has 5 fully saturated rings. The summed E-state index contributed by atoms with van der Waals surface area (Å²) in [5, 5.41) is 22.0. The molecule has 18 heteroatoms. The Labute approximate surface area is 316 Å². The van der Waals surface area contributed by atoms with E-state index in [9.17, 15) is 19.8 Å². The first-order valence-electron chi connectivity index (χ1n) is 18.7. The minimum absolute atomic E-state index is 0.103.